The van der Waals surface area contributed by atoms with Crippen LogP contribution in [0.15, 0.2) is 24.3 Å². The van der Waals surface area contributed by atoms with E-state index in [-0.39, 0.29) is 5.41 Å². The third kappa shape index (κ3) is 1.42. The lowest BCUT2D eigenvalue weighted by Crippen LogP contribution is -2.21. The van der Waals surface area contributed by atoms with Crippen LogP contribution in [0.3, 0.4) is 0 Å². The minimum atomic E-state index is 0.00530. The fourth-order valence-corrected chi connectivity index (χ4v) is 1.86. The number of rotatable bonds is 1. The monoisotopic (exact) mass is 178 g/mol. The smallest absolute Gasteiger partial charge is 0.119 e. The molecule has 2 heteroatoms. The molecule has 2 rings (SSSR count). The Hall–Kier alpha value is -1.02. The number of ether oxygens (including phenoxy) is 1. The van der Waals surface area contributed by atoms with E-state index in [2.05, 4.69) is 6.92 Å². The van der Waals surface area contributed by atoms with Gasteiger partial charge in [0, 0.05) is 17.6 Å². The van der Waals surface area contributed by atoms with Crippen LogP contribution < -0.4 is 0 Å². The van der Waals surface area contributed by atoms with Gasteiger partial charge in [0.05, 0.1) is 6.61 Å². The summed E-state index contributed by atoms with van der Waals surface area (Å²) in [6.07, 6.45) is 0.991. The largest absolute Gasteiger partial charge is 0.508 e. The highest BCUT2D eigenvalue weighted by molar-refractivity contribution is 5.38. The van der Waals surface area contributed by atoms with Crippen LogP contribution in [0.2, 0.25) is 0 Å². The zero-order valence-corrected chi connectivity index (χ0v) is 7.79. The van der Waals surface area contributed by atoms with Gasteiger partial charge in [0.1, 0.15) is 5.75 Å². The van der Waals surface area contributed by atoms with Gasteiger partial charge in [-0.3, -0.25) is 0 Å². The van der Waals surface area contributed by atoms with E-state index in [1.807, 2.05) is 18.2 Å². The summed E-state index contributed by atoms with van der Waals surface area (Å²) in [7, 11) is 0. The molecule has 1 saturated heterocycles. The zero-order chi connectivity index (χ0) is 9.31. The molecule has 0 amide bonds. The summed E-state index contributed by atoms with van der Waals surface area (Å²) in [5.41, 5.74) is 1.01. The van der Waals surface area contributed by atoms with Gasteiger partial charge >= 0.3 is 0 Å². The Labute approximate surface area is 78.2 Å². The first-order valence-electron chi connectivity index (χ1n) is 4.59. The molecule has 0 spiro atoms. The van der Waals surface area contributed by atoms with Crippen LogP contribution in [0.4, 0.5) is 0 Å². The van der Waals surface area contributed by atoms with Gasteiger partial charge in [-0.1, -0.05) is 25.1 Å². The minimum absolute atomic E-state index is 0.00530. The van der Waals surface area contributed by atoms with E-state index in [1.54, 1.807) is 6.07 Å². The second kappa shape index (κ2) is 3.04. The number of para-hydroxylation sites is 1. The van der Waals surface area contributed by atoms with E-state index < -0.39 is 0 Å². The molecule has 1 atom stereocenters. The number of hydrogen-bond donors (Lipinski definition) is 1. The molecule has 1 aromatic carbocycles. The topological polar surface area (TPSA) is 29.5 Å². The summed E-state index contributed by atoms with van der Waals surface area (Å²) in [6.45, 7) is 3.64. The van der Waals surface area contributed by atoms with E-state index >= 15 is 0 Å². The highest BCUT2D eigenvalue weighted by Gasteiger charge is 2.33. The molecule has 1 aliphatic heterocycles. The van der Waals surface area contributed by atoms with Crippen molar-refractivity contribution in [1.82, 2.24) is 0 Å². The Morgan fingerprint density at radius 1 is 1.38 bits per heavy atom. The molecule has 1 heterocycles. The maximum Gasteiger partial charge on any atom is 0.119 e. The molecule has 1 aliphatic rings. The van der Waals surface area contributed by atoms with Crippen molar-refractivity contribution >= 4 is 0 Å². The lowest BCUT2D eigenvalue weighted by atomic mass is 9.81. The van der Waals surface area contributed by atoms with Crippen LogP contribution in [-0.2, 0) is 10.2 Å². The van der Waals surface area contributed by atoms with Gasteiger partial charge in [-0.05, 0) is 12.5 Å². The fourth-order valence-electron chi connectivity index (χ4n) is 1.86. The molecular formula is C11H14O2. The second-order valence-corrected chi connectivity index (χ2v) is 3.88. The maximum absolute atomic E-state index is 9.68. The Morgan fingerprint density at radius 3 is 2.77 bits per heavy atom. The van der Waals surface area contributed by atoms with Crippen LogP contribution in [0, 0.1) is 0 Å². The van der Waals surface area contributed by atoms with E-state index in [4.69, 9.17) is 4.74 Å². The molecule has 70 valence electrons. The van der Waals surface area contributed by atoms with Gasteiger partial charge in [-0.25, -0.2) is 0 Å². The quantitative estimate of drug-likeness (QED) is 0.713. The maximum atomic E-state index is 9.68. The molecule has 0 saturated carbocycles. The lowest BCUT2D eigenvalue weighted by molar-refractivity contribution is 0.180. The molecule has 0 radical (unpaired) electrons. The van der Waals surface area contributed by atoms with Gasteiger partial charge in [-0.15, -0.1) is 0 Å². The van der Waals surface area contributed by atoms with Crippen LogP contribution in [0.25, 0.3) is 0 Å². The number of aromatic hydroxyl groups is 1. The van der Waals surface area contributed by atoms with Crippen molar-refractivity contribution in [3.05, 3.63) is 29.8 Å². The molecular weight excluding hydrogens is 164 g/mol. The summed E-state index contributed by atoms with van der Waals surface area (Å²) < 4.78 is 5.36. The van der Waals surface area contributed by atoms with Crippen molar-refractivity contribution in [2.75, 3.05) is 13.2 Å². The first-order valence-corrected chi connectivity index (χ1v) is 4.59. The number of phenols is 1. The summed E-state index contributed by atoms with van der Waals surface area (Å²) in [4.78, 5) is 0. The van der Waals surface area contributed by atoms with Crippen LogP contribution in [-0.4, -0.2) is 18.3 Å². The van der Waals surface area contributed by atoms with Crippen molar-refractivity contribution < 1.29 is 9.84 Å². The Bertz CT molecular complexity index is 301. The predicted molar refractivity (Wildman–Crippen MR) is 50.9 cm³/mol. The molecule has 1 unspecified atom stereocenters. The first-order chi connectivity index (χ1) is 6.22. The van der Waals surface area contributed by atoms with Crippen LogP contribution in [0.5, 0.6) is 5.75 Å². The van der Waals surface area contributed by atoms with E-state index in [0.717, 1.165) is 18.6 Å². The third-order valence-electron chi connectivity index (χ3n) is 2.77. The lowest BCUT2D eigenvalue weighted by Gasteiger charge is -2.22. The van der Waals surface area contributed by atoms with Gasteiger partial charge in [0.25, 0.3) is 0 Å². The number of hydrogen-bond acceptors (Lipinski definition) is 2. The summed E-state index contributed by atoms with van der Waals surface area (Å²) in [6, 6.07) is 7.51. The molecule has 1 fully saturated rings. The molecule has 0 aliphatic carbocycles. The van der Waals surface area contributed by atoms with E-state index in [1.165, 1.54) is 0 Å². The van der Waals surface area contributed by atoms with Gasteiger partial charge in [0.2, 0.25) is 0 Å². The van der Waals surface area contributed by atoms with Crippen molar-refractivity contribution in [1.29, 1.82) is 0 Å². The molecule has 0 bridgehead atoms. The number of phenolic OH excluding ortho intramolecular Hbond substituents is 1. The van der Waals surface area contributed by atoms with Gasteiger partial charge in [-0.2, -0.15) is 0 Å². The third-order valence-corrected chi connectivity index (χ3v) is 2.77. The summed E-state index contributed by atoms with van der Waals surface area (Å²) >= 11 is 0. The SMILES string of the molecule is CC1(c2ccccc2O)CCOC1. The summed E-state index contributed by atoms with van der Waals surface area (Å²) in [5, 5.41) is 9.68. The van der Waals surface area contributed by atoms with Crippen molar-refractivity contribution in [2.45, 2.75) is 18.8 Å². The van der Waals surface area contributed by atoms with Crippen molar-refractivity contribution in [2.24, 2.45) is 0 Å². The van der Waals surface area contributed by atoms with E-state index in [0.29, 0.717) is 12.4 Å². The highest BCUT2D eigenvalue weighted by Crippen LogP contribution is 2.37. The molecule has 1 N–H and O–H groups in total. The van der Waals surface area contributed by atoms with Crippen LogP contribution >= 0.6 is 0 Å². The molecule has 2 nitrogen and oxygen atoms in total. The predicted octanol–water partition coefficient (Wildman–Crippen LogP) is 2.07. The Balaban J connectivity index is 2.39. The molecule has 13 heavy (non-hydrogen) atoms. The Kier molecular flexibility index (Phi) is 2.00. The van der Waals surface area contributed by atoms with Gasteiger partial charge in [0.15, 0.2) is 0 Å². The minimum Gasteiger partial charge on any atom is -0.508 e. The van der Waals surface area contributed by atoms with Gasteiger partial charge < -0.3 is 9.84 Å². The normalized spacial score (nSPS) is 27.8. The molecule has 1 aromatic rings. The molecule has 0 aromatic heterocycles. The first kappa shape index (κ1) is 8.57. The summed E-state index contributed by atoms with van der Waals surface area (Å²) in [5.74, 6) is 0.385. The average molecular weight is 178 g/mol. The fraction of sp³-hybridized carbons (Fsp3) is 0.455. The second-order valence-electron chi connectivity index (χ2n) is 3.88. The van der Waals surface area contributed by atoms with E-state index in [9.17, 15) is 5.11 Å². The van der Waals surface area contributed by atoms with Crippen LogP contribution in [0.1, 0.15) is 18.9 Å². The number of benzene rings is 1. The Morgan fingerprint density at radius 2 is 2.15 bits per heavy atom. The zero-order valence-electron chi connectivity index (χ0n) is 7.79. The average Bonchev–Trinajstić information content (AvgIpc) is 2.54. The standard InChI is InChI=1S/C11H14O2/c1-11(6-7-13-8-11)9-4-2-3-5-10(9)12/h2-5,12H,6-8H2,1H3. The highest BCUT2D eigenvalue weighted by atomic mass is 16.5. The van der Waals surface area contributed by atoms with Crippen molar-refractivity contribution in [3.8, 4) is 5.75 Å². The van der Waals surface area contributed by atoms with Crippen molar-refractivity contribution in [3.63, 3.8) is 0 Å².